The molecule has 6 heteroatoms. The first-order chi connectivity index (χ1) is 9.38. The number of carbonyl (C=O) groups excluding carboxylic acids is 2. The highest BCUT2D eigenvalue weighted by Crippen LogP contribution is 2.32. The van der Waals surface area contributed by atoms with Crippen molar-refractivity contribution in [3.05, 3.63) is 22.2 Å². The van der Waals surface area contributed by atoms with Crippen LogP contribution in [0.3, 0.4) is 0 Å². The van der Waals surface area contributed by atoms with Gasteiger partial charge in [0.25, 0.3) is 5.91 Å². The van der Waals surface area contributed by atoms with Gasteiger partial charge in [-0.1, -0.05) is 15.9 Å². The summed E-state index contributed by atoms with van der Waals surface area (Å²) in [5.41, 5.74) is 6.58. The summed E-state index contributed by atoms with van der Waals surface area (Å²) < 4.78 is 6.30. The number of amides is 1. The van der Waals surface area contributed by atoms with Crippen LogP contribution >= 0.6 is 15.9 Å². The quantitative estimate of drug-likeness (QED) is 0.636. The van der Waals surface area contributed by atoms with Crippen molar-refractivity contribution in [3.63, 3.8) is 0 Å². The summed E-state index contributed by atoms with van der Waals surface area (Å²) in [6, 6.07) is 3.55. The zero-order valence-corrected chi connectivity index (χ0v) is 13.0. The third-order valence-electron chi connectivity index (χ3n) is 3.05. The minimum absolute atomic E-state index is 0.164. The Kier molecular flexibility index (Phi) is 4.32. The Morgan fingerprint density at radius 1 is 1.45 bits per heavy atom. The van der Waals surface area contributed by atoms with Crippen LogP contribution in [0.15, 0.2) is 16.6 Å². The fraction of sp³-hybridized carbons (Fsp3) is 0.429. The molecule has 1 amide bonds. The zero-order chi connectivity index (χ0) is 14.9. The second-order valence-corrected chi connectivity index (χ2v) is 5.89. The molecule has 1 fully saturated rings. The maximum atomic E-state index is 11.9. The maximum Gasteiger partial charge on any atom is 0.260 e. The second-order valence-electron chi connectivity index (χ2n) is 4.97. The lowest BCUT2D eigenvalue weighted by molar-refractivity contribution is -0.127. The number of halogens is 1. The Morgan fingerprint density at radius 3 is 2.65 bits per heavy atom. The molecule has 0 heterocycles. The van der Waals surface area contributed by atoms with E-state index in [9.17, 15) is 9.59 Å². The molecule has 1 saturated carbocycles. The van der Waals surface area contributed by atoms with Crippen molar-refractivity contribution >= 4 is 33.3 Å². The smallest absolute Gasteiger partial charge is 0.260 e. The van der Waals surface area contributed by atoms with Gasteiger partial charge in [0, 0.05) is 10.5 Å². The topological polar surface area (TPSA) is 81.4 Å². The fourth-order valence-corrected chi connectivity index (χ4v) is 2.26. The molecule has 0 aromatic heterocycles. The molecule has 1 unspecified atom stereocenters. The van der Waals surface area contributed by atoms with E-state index < -0.39 is 6.10 Å². The van der Waals surface area contributed by atoms with Crippen LogP contribution in [-0.2, 0) is 4.79 Å². The molecule has 1 aromatic carbocycles. The van der Waals surface area contributed by atoms with Gasteiger partial charge in [-0.2, -0.15) is 0 Å². The van der Waals surface area contributed by atoms with Gasteiger partial charge < -0.3 is 15.8 Å². The molecule has 0 spiro atoms. The van der Waals surface area contributed by atoms with Crippen LogP contribution in [-0.4, -0.2) is 23.8 Å². The van der Waals surface area contributed by atoms with Crippen LogP contribution in [0.1, 0.15) is 37.0 Å². The average molecular weight is 341 g/mol. The lowest BCUT2D eigenvalue weighted by Gasteiger charge is -2.18. The molecule has 0 aliphatic heterocycles. The van der Waals surface area contributed by atoms with E-state index >= 15 is 0 Å². The van der Waals surface area contributed by atoms with Crippen LogP contribution in [0.2, 0.25) is 0 Å². The molecule has 108 valence electrons. The Bertz CT molecular complexity index is 556. The van der Waals surface area contributed by atoms with Crippen LogP contribution in [0, 0.1) is 0 Å². The molecule has 1 aromatic rings. The number of hydrogen-bond donors (Lipinski definition) is 2. The number of benzene rings is 1. The zero-order valence-electron chi connectivity index (χ0n) is 11.4. The number of anilines is 1. The van der Waals surface area contributed by atoms with Gasteiger partial charge in [-0.3, -0.25) is 9.59 Å². The molecule has 3 N–H and O–H groups in total. The Morgan fingerprint density at radius 2 is 2.10 bits per heavy atom. The predicted molar refractivity (Wildman–Crippen MR) is 79.8 cm³/mol. The molecule has 1 atom stereocenters. The van der Waals surface area contributed by atoms with Gasteiger partial charge in [0.2, 0.25) is 0 Å². The Labute approximate surface area is 126 Å². The summed E-state index contributed by atoms with van der Waals surface area (Å²) in [5, 5.41) is 2.85. The molecule has 20 heavy (non-hydrogen) atoms. The maximum absolute atomic E-state index is 11.9. The highest BCUT2D eigenvalue weighted by atomic mass is 79.9. The molecule has 2 rings (SSSR count). The molecule has 0 saturated heterocycles. The lowest BCUT2D eigenvalue weighted by Crippen LogP contribution is -2.37. The van der Waals surface area contributed by atoms with Crippen molar-refractivity contribution in [2.75, 3.05) is 5.73 Å². The number of nitrogens with two attached hydrogens (primary N) is 1. The van der Waals surface area contributed by atoms with Crippen LogP contribution in [0.25, 0.3) is 0 Å². The highest BCUT2D eigenvalue weighted by molar-refractivity contribution is 9.10. The van der Waals surface area contributed by atoms with E-state index in [-0.39, 0.29) is 23.5 Å². The third-order valence-corrected chi connectivity index (χ3v) is 3.51. The first-order valence-corrected chi connectivity index (χ1v) is 7.24. The van der Waals surface area contributed by atoms with Gasteiger partial charge in [0.05, 0.1) is 11.3 Å². The minimum Gasteiger partial charge on any atom is -0.478 e. The van der Waals surface area contributed by atoms with Crippen LogP contribution < -0.4 is 15.8 Å². The van der Waals surface area contributed by atoms with Gasteiger partial charge in [0.1, 0.15) is 0 Å². The molecular weight excluding hydrogens is 324 g/mol. The molecule has 0 radical (unpaired) electrons. The van der Waals surface area contributed by atoms with Gasteiger partial charge >= 0.3 is 0 Å². The molecular formula is C14H17BrN2O3. The standard InChI is InChI=1S/C14H17BrN2O3/c1-7(18)11-5-9(15)6-12(16)13(11)20-8(2)14(19)17-10-3-4-10/h5-6,8,10H,3-4,16H2,1-2H3,(H,17,19). The first-order valence-electron chi connectivity index (χ1n) is 6.45. The van der Waals surface area contributed by atoms with E-state index in [1.165, 1.54) is 6.92 Å². The van der Waals surface area contributed by atoms with Gasteiger partial charge in [-0.05, 0) is 38.8 Å². The van der Waals surface area contributed by atoms with Crippen molar-refractivity contribution in [2.45, 2.75) is 38.8 Å². The fourth-order valence-electron chi connectivity index (χ4n) is 1.78. The first kappa shape index (κ1) is 14.8. The van der Waals surface area contributed by atoms with E-state index in [4.69, 9.17) is 10.5 Å². The number of ether oxygens (including phenoxy) is 1. The summed E-state index contributed by atoms with van der Waals surface area (Å²) in [7, 11) is 0. The monoisotopic (exact) mass is 340 g/mol. The Balaban J connectivity index is 2.18. The number of nitrogen functional groups attached to an aromatic ring is 1. The van der Waals surface area contributed by atoms with Crippen LogP contribution in [0.5, 0.6) is 5.75 Å². The second kappa shape index (κ2) is 5.83. The number of rotatable bonds is 5. The van der Waals surface area contributed by atoms with E-state index in [0.717, 1.165) is 12.8 Å². The van der Waals surface area contributed by atoms with E-state index in [1.807, 2.05) is 0 Å². The highest BCUT2D eigenvalue weighted by Gasteiger charge is 2.27. The molecule has 1 aliphatic carbocycles. The summed E-state index contributed by atoms with van der Waals surface area (Å²) in [5.74, 6) is -0.0914. The van der Waals surface area contributed by atoms with Crippen molar-refractivity contribution in [1.82, 2.24) is 5.32 Å². The van der Waals surface area contributed by atoms with E-state index in [0.29, 0.717) is 15.7 Å². The summed E-state index contributed by atoms with van der Waals surface area (Å²) in [6.45, 7) is 3.08. The average Bonchev–Trinajstić information content (AvgIpc) is 3.15. The molecule has 5 nitrogen and oxygen atoms in total. The Hall–Kier alpha value is -1.56. The number of hydrogen-bond acceptors (Lipinski definition) is 4. The number of carbonyl (C=O) groups is 2. The largest absolute Gasteiger partial charge is 0.478 e. The van der Waals surface area contributed by atoms with E-state index in [1.54, 1.807) is 19.1 Å². The number of ketones is 1. The number of nitrogens with one attached hydrogen (secondary N) is 1. The van der Waals surface area contributed by atoms with Crippen molar-refractivity contribution in [3.8, 4) is 5.75 Å². The van der Waals surface area contributed by atoms with Gasteiger partial charge in [-0.15, -0.1) is 0 Å². The van der Waals surface area contributed by atoms with Gasteiger partial charge in [0.15, 0.2) is 17.6 Å². The molecule has 1 aliphatic rings. The van der Waals surface area contributed by atoms with Gasteiger partial charge in [-0.25, -0.2) is 0 Å². The van der Waals surface area contributed by atoms with Crippen molar-refractivity contribution < 1.29 is 14.3 Å². The van der Waals surface area contributed by atoms with E-state index in [2.05, 4.69) is 21.2 Å². The third kappa shape index (κ3) is 3.50. The number of Topliss-reactive ketones (excluding diaryl/α,β-unsaturated/α-hetero) is 1. The minimum atomic E-state index is -0.697. The lowest BCUT2D eigenvalue weighted by atomic mass is 10.1. The summed E-state index contributed by atoms with van der Waals surface area (Å²) in [4.78, 5) is 23.5. The van der Waals surface area contributed by atoms with Crippen LogP contribution in [0.4, 0.5) is 5.69 Å². The van der Waals surface area contributed by atoms with Crippen molar-refractivity contribution in [2.24, 2.45) is 0 Å². The SMILES string of the molecule is CC(=O)c1cc(Br)cc(N)c1OC(C)C(=O)NC1CC1. The normalized spacial score (nSPS) is 15.6. The predicted octanol–water partition coefficient (Wildman–Crippen LogP) is 2.28. The molecule has 0 bridgehead atoms. The van der Waals surface area contributed by atoms with Crippen molar-refractivity contribution in [1.29, 1.82) is 0 Å². The summed E-state index contributed by atoms with van der Waals surface area (Å²) in [6.07, 6.45) is 1.33. The summed E-state index contributed by atoms with van der Waals surface area (Å²) >= 11 is 3.28.